The number of benzene rings is 3. The molecule has 2 aliphatic carbocycles. The van der Waals surface area contributed by atoms with E-state index in [0.29, 0.717) is 11.8 Å². The lowest BCUT2D eigenvalue weighted by molar-refractivity contribution is 0.332. The van der Waals surface area contributed by atoms with Crippen LogP contribution < -0.4 is 20.5 Å². The summed E-state index contributed by atoms with van der Waals surface area (Å²) in [6.07, 6.45) is 15.3. The Morgan fingerprint density at radius 3 is 2.07 bits per heavy atom. The van der Waals surface area contributed by atoms with Gasteiger partial charge in [0.1, 0.15) is 0 Å². The van der Waals surface area contributed by atoms with Gasteiger partial charge >= 0.3 is 0 Å². The zero-order valence-electron chi connectivity index (χ0n) is 37.6. The van der Waals surface area contributed by atoms with Crippen LogP contribution in [0.15, 0.2) is 97.2 Å². The fraction of sp³-hybridized carbons (Fsp3) is 0.472. The van der Waals surface area contributed by atoms with Gasteiger partial charge in [0.25, 0.3) is 0 Å². The molecule has 57 heavy (non-hydrogen) atoms. The minimum atomic E-state index is 0.0860. The Labute approximate surface area is 352 Å². The molecule has 1 unspecified atom stereocenters. The Bertz CT molecular complexity index is 2120. The zero-order valence-corrected chi connectivity index (χ0v) is 38.4. The molecule has 1 atom stereocenters. The van der Waals surface area contributed by atoms with Gasteiger partial charge in [0.05, 0.1) is 0 Å². The third-order valence-corrected chi connectivity index (χ3v) is 14.7. The molecule has 1 aromatic heterocycles. The first-order valence-electron chi connectivity index (χ1n) is 21.8. The molecule has 1 heterocycles. The summed E-state index contributed by atoms with van der Waals surface area (Å²) in [5, 5.41) is 3.69. The second-order valence-corrected chi connectivity index (χ2v) is 21.1. The summed E-state index contributed by atoms with van der Waals surface area (Å²) in [4.78, 5) is 4.11. The van der Waals surface area contributed by atoms with Crippen molar-refractivity contribution in [2.24, 2.45) is 5.92 Å². The van der Waals surface area contributed by atoms with Crippen LogP contribution in [0.2, 0.25) is 0 Å². The quantitative estimate of drug-likeness (QED) is 0.107. The van der Waals surface area contributed by atoms with Gasteiger partial charge in [0.15, 0.2) is 0 Å². The van der Waals surface area contributed by atoms with Crippen LogP contribution in [0.3, 0.4) is 0 Å². The number of thiophene rings is 1. The van der Waals surface area contributed by atoms with Gasteiger partial charge in [-0.1, -0.05) is 138 Å². The van der Waals surface area contributed by atoms with Crippen LogP contribution in [0.5, 0.6) is 0 Å². The van der Waals surface area contributed by atoms with E-state index in [2.05, 4.69) is 193 Å². The standard InChI is InChI=1S/C53H70BN2S/c1-15-36(6)42-33-46(54-48-34-45-49(57-48)53(13,14)29-28-52(45,11)12)47(30-37(42)16-2)56(41-24-25-43-44(32-41)51(9,10)27-26-50(43,7)8)40-23-19-22-39(31-40)55-38(17-3)21-18-20-35(4)5/h17-25,30-36,55H,3,15-16,26-29H2,1-2,4-14H3/b20-18+,38-21+. The van der Waals surface area contributed by atoms with Gasteiger partial charge < -0.3 is 10.2 Å². The van der Waals surface area contributed by atoms with Crippen molar-refractivity contribution in [2.75, 3.05) is 10.2 Å². The summed E-state index contributed by atoms with van der Waals surface area (Å²) in [5.74, 6) is 0.955. The van der Waals surface area contributed by atoms with Crippen LogP contribution in [0.4, 0.5) is 22.7 Å². The summed E-state index contributed by atoms with van der Waals surface area (Å²) in [5.41, 5.74) is 14.8. The van der Waals surface area contributed by atoms with Gasteiger partial charge in [-0.05, 0) is 153 Å². The molecule has 0 saturated heterocycles. The lowest BCUT2D eigenvalue weighted by atomic mass is 9.63. The van der Waals surface area contributed by atoms with Crippen molar-refractivity contribution in [3.8, 4) is 0 Å². The Morgan fingerprint density at radius 1 is 0.789 bits per heavy atom. The van der Waals surface area contributed by atoms with Crippen LogP contribution in [0, 0.1) is 5.92 Å². The number of aryl methyl sites for hydroxylation is 1. The van der Waals surface area contributed by atoms with E-state index in [9.17, 15) is 0 Å². The van der Waals surface area contributed by atoms with Gasteiger partial charge in [0, 0.05) is 33.3 Å². The third kappa shape index (κ3) is 8.97. The van der Waals surface area contributed by atoms with E-state index >= 15 is 0 Å². The molecule has 4 aromatic rings. The molecular weight excluding hydrogens is 707 g/mol. The maximum absolute atomic E-state index is 4.14. The molecular formula is C53H70BN2S. The molecule has 4 heteroatoms. The molecule has 1 radical (unpaired) electrons. The molecule has 0 bridgehead atoms. The molecule has 0 fully saturated rings. The first-order valence-corrected chi connectivity index (χ1v) is 22.6. The van der Waals surface area contributed by atoms with Crippen LogP contribution in [-0.4, -0.2) is 7.28 Å². The summed E-state index contributed by atoms with van der Waals surface area (Å²) in [6, 6.07) is 23.9. The second kappa shape index (κ2) is 16.5. The number of hydrogen-bond donors (Lipinski definition) is 1. The lowest BCUT2D eigenvalue weighted by Gasteiger charge is -2.42. The van der Waals surface area contributed by atoms with Gasteiger partial charge in [0.2, 0.25) is 7.28 Å². The second-order valence-electron chi connectivity index (χ2n) is 20.0. The maximum Gasteiger partial charge on any atom is 0.208 e. The Morgan fingerprint density at radius 2 is 1.44 bits per heavy atom. The van der Waals surface area contributed by atoms with Gasteiger partial charge in [-0.25, -0.2) is 0 Å². The molecule has 0 amide bonds. The fourth-order valence-electron chi connectivity index (χ4n) is 9.05. The van der Waals surface area contributed by atoms with E-state index in [4.69, 9.17) is 0 Å². The van der Waals surface area contributed by atoms with E-state index in [1.54, 1.807) is 4.88 Å². The molecule has 0 saturated carbocycles. The van der Waals surface area contributed by atoms with Crippen molar-refractivity contribution in [3.05, 3.63) is 130 Å². The van der Waals surface area contributed by atoms with Crippen LogP contribution in [0.25, 0.3) is 0 Å². The molecule has 0 aliphatic heterocycles. The van der Waals surface area contributed by atoms with Crippen molar-refractivity contribution in [2.45, 2.75) is 156 Å². The minimum Gasteiger partial charge on any atom is -0.355 e. The highest BCUT2D eigenvalue weighted by Crippen LogP contribution is 2.49. The van der Waals surface area contributed by atoms with Gasteiger partial charge in [-0.2, -0.15) is 11.3 Å². The maximum atomic E-state index is 4.14. The monoisotopic (exact) mass is 778 g/mol. The van der Waals surface area contributed by atoms with Crippen molar-refractivity contribution >= 4 is 51.6 Å². The minimum absolute atomic E-state index is 0.0860. The SMILES string of the molecule is C=C/C(=C\C=C\C(C)C)Nc1cccc(N(c2ccc3c(c2)C(C)(C)CCC3(C)C)c2cc(CC)c(C(C)CC)cc2[B]c2cc3c(s2)C(C)(C)CCC3(C)C)c1. The summed E-state index contributed by atoms with van der Waals surface area (Å²) < 4.78 is 1.35. The Hall–Kier alpha value is -3.76. The first-order chi connectivity index (χ1) is 26.8. The summed E-state index contributed by atoms with van der Waals surface area (Å²) in [7, 11) is 2.51. The number of nitrogens with one attached hydrogen (secondary N) is 1. The largest absolute Gasteiger partial charge is 0.355 e. The van der Waals surface area contributed by atoms with Crippen LogP contribution >= 0.6 is 11.3 Å². The molecule has 2 aliphatic rings. The average molecular weight is 778 g/mol. The summed E-state index contributed by atoms with van der Waals surface area (Å²) in [6.45, 7) is 35.1. The van der Waals surface area contributed by atoms with E-state index in [1.165, 1.54) is 75.1 Å². The van der Waals surface area contributed by atoms with Crippen LogP contribution in [0.1, 0.15) is 161 Å². The molecule has 2 nitrogen and oxygen atoms in total. The normalized spacial score (nSPS) is 18.5. The van der Waals surface area contributed by atoms with Crippen molar-refractivity contribution in [1.29, 1.82) is 0 Å². The predicted octanol–water partition coefficient (Wildman–Crippen LogP) is 14.3. The number of fused-ring (bicyclic) bond motifs is 2. The van der Waals surface area contributed by atoms with Gasteiger partial charge in [-0.3, -0.25) is 0 Å². The topological polar surface area (TPSA) is 15.3 Å². The van der Waals surface area contributed by atoms with Gasteiger partial charge in [-0.15, -0.1) is 0 Å². The number of rotatable bonds is 13. The number of anilines is 4. The smallest absolute Gasteiger partial charge is 0.208 e. The third-order valence-electron chi connectivity index (χ3n) is 13.3. The number of hydrogen-bond acceptors (Lipinski definition) is 3. The number of allylic oxidation sites excluding steroid dienone is 4. The highest BCUT2D eigenvalue weighted by atomic mass is 32.1. The lowest BCUT2D eigenvalue weighted by Crippen LogP contribution is -2.34. The number of nitrogens with zero attached hydrogens (tertiary/aromatic N) is 1. The molecule has 6 rings (SSSR count). The first kappa shape index (κ1) is 42.8. The molecule has 1 N–H and O–H groups in total. The fourth-order valence-corrected chi connectivity index (χ4v) is 10.5. The Kier molecular flexibility index (Phi) is 12.4. The van der Waals surface area contributed by atoms with Crippen LogP contribution in [-0.2, 0) is 28.1 Å². The van der Waals surface area contributed by atoms with E-state index in [1.807, 2.05) is 17.4 Å². The van der Waals surface area contributed by atoms with E-state index < -0.39 is 0 Å². The molecule has 3 aromatic carbocycles. The Balaban J connectivity index is 1.59. The average Bonchev–Trinajstić information content (AvgIpc) is 3.62. The summed E-state index contributed by atoms with van der Waals surface area (Å²) >= 11 is 2.01. The van der Waals surface area contributed by atoms with Crippen molar-refractivity contribution in [1.82, 2.24) is 0 Å². The van der Waals surface area contributed by atoms with E-state index in [-0.39, 0.29) is 21.7 Å². The highest BCUT2D eigenvalue weighted by molar-refractivity contribution is 7.22. The molecule has 301 valence electrons. The van der Waals surface area contributed by atoms with Crippen molar-refractivity contribution < 1.29 is 0 Å². The highest BCUT2D eigenvalue weighted by Gasteiger charge is 2.40. The zero-order chi connectivity index (χ0) is 41.5. The molecule has 0 spiro atoms. The predicted molar refractivity (Wildman–Crippen MR) is 255 cm³/mol. The van der Waals surface area contributed by atoms with E-state index in [0.717, 1.165) is 29.9 Å². The van der Waals surface area contributed by atoms with Crippen molar-refractivity contribution in [3.63, 3.8) is 0 Å².